The average Bonchev–Trinajstić information content (AvgIpc) is 3.17. The van der Waals surface area contributed by atoms with Gasteiger partial charge in [-0.3, -0.25) is 0 Å². The zero-order valence-corrected chi connectivity index (χ0v) is 20.1. The van der Waals surface area contributed by atoms with E-state index in [4.69, 9.17) is 21.6 Å². The van der Waals surface area contributed by atoms with Gasteiger partial charge in [0.25, 0.3) is 0 Å². The molecule has 0 radical (unpaired) electrons. The molecule has 4 aromatic rings. The summed E-state index contributed by atoms with van der Waals surface area (Å²) in [5.41, 5.74) is 5.74. The molecule has 2 aromatic heterocycles. The Hall–Kier alpha value is -4.23. The van der Waals surface area contributed by atoms with Gasteiger partial charge in [0.15, 0.2) is 5.82 Å². The van der Waals surface area contributed by atoms with Gasteiger partial charge in [-0.15, -0.1) is 6.42 Å². The van der Waals surface area contributed by atoms with Crippen molar-refractivity contribution in [2.75, 3.05) is 32.5 Å². The Morgan fingerprint density at radius 2 is 2.03 bits per heavy atom. The van der Waals surface area contributed by atoms with Crippen LogP contribution < -0.4 is 20.5 Å². The Bertz CT molecular complexity index is 1550. The number of nitrogen functional groups attached to an aromatic ring is 1. The maximum atomic E-state index is 16.1. The van der Waals surface area contributed by atoms with Gasteiger partial charge in [0.05, 0.1) is 19.3 Å². The van der Waals surface area contributed by atoms with Gasteiger partial charge in [-0.1, -0.05) is 18.4 Å². The Morgan fingerprint density at radius 3 is 2.81 bits per heavy atom. The average molecular weight is 506 g/mol. The van der Waals surface area contributed by atoms with Crippen LogP contribution >= 0.6 is 0 Å². The molecule has 5 rings (SSSR count). The third-order valence-corrected chi connectivity index (χ3v) is 6.50. The van der Waals surface area contributed by atoms with E-state index in [2.05, 4.69) is 26.2 Å². The number of aromatic nitrogens is 3. The summed E-state index contributed by atoms with van der Waals surface area (Å²) < 4.78 is 42.0. The molecule has 0 amide bonds. The molecule has 8 nitrogen and oxygen atoms in total. The molecule has 2 aromatic carbocycles. The Labute approximate surface area is 211 Å². The van der Waals surface area contributed by atoms with Crippen LogP contribution in [0.5, 0.6) is 17.6 Å². The Balaban J connectivity index is 1.76. The van der Waals surface area contributed by atoms with Crippen LogP contribution in [-0.4, -0.2) is 46.9 Å². The number of anilines is 1. The van der Waals surface area contributed by atoms with Crippen LogP contribution in [0, 0.1) is 29.9 Å². The number of halogens is 2. The van der Waals surface area contributed by atoms with Crippen molar-refractivity contribution in [3.05, 3.63) is 41.5 Å². The molecule has 1 aliphatic rings. The minimum atomic E-state index is -0.870. The van der Waals surface area contributed by atoms with E-state index < -0.39 is 11.6 Å². The lowest BCUT2D eigenvalue weighted by Crippen LogP contribution is -2.25. The molecule has 0 aliphatic carbocycles. The second-order valence-electron chi connectivity index (χ2n) is 8.93. The van der Waals surface area contributed by atoms with Gasteiger partial charge in [-0.2, -0.15) is 9.97 Å². The number of phenolic OH excluding ortho intramolecular Hbond substituents is 1. The minimum absolute atomic E-state index is 0.0194. The van der Waals surface area contributed by atoms with Gasteiger partial charge in [0.1, 0.15) is 34.0 Å². The number of pyridine rings is 1. The maximum absolute atomic E-state index is 16.1. The molecule has 3 heterocycles. The summed E-state index contributed by atoms with van der Waals surface area (Å²) in [6.07, 6.45) is 8.71. The van der Waals surface area contributed by atoms with Gasteiger partial charge >= 0.3 is 6.01 Å². The number of rotatable bonds is 5. The first kappa shape index (κ1) is 24.5. The van der Waals surface area contributed by atoms with Crippen LogP contribution in [0.15, 0.2) is 24.3 Å². The Kier molecular flexibility index (Phi) is 6.63. The van der Waals surface area contributed by atoms with Crippen LogP contribution in [0.3, 0.4) is 0 Å². The third-order valence-electron chi connectivity index (χ3n) is 6.50. The smallest absolute Gasteiger partial charge is 0.318 e. The van der Waals surface area contributed by atoms with Crippen molar-refractivity contribution in [2.45, 2.75) is 19.3 Å². The highest BCUT2D eigenvalue weighted by Gasteiger charge is 2.25. The standard InChI is InChI=1S/C27H25F2N5O3/c1-3-17-19(28)8-7-15-10-16(35)11-18(20(15)17)23-22(29)24-21(25(30)34-27(33-24)36-2)26(32-23)37-13-14-6-4-5-9-31-12-14/h1,7-8,10-11,14,31,35H,4-6,9,12-13H2,2H3,(H2,30,33,34)/t14-/m0/s1. The van der Waals surface area contributed by atoms with E-state index in [1.165, 1.54) is 31.4 Å². The van der Waals surface area contributed by atoms with Gasteiger partial charge in [0.2, 0.25) is 5.88 Å². The summed E-state index contributed by atoms with van der Waals surface area (Å²) in [5.74, 6) is 0.785. The van der Waals surface area contributed by atoms with Gasteiger partial charge < -0.3 is 25.6 Å². The highest BCUT2D eigenvalue weighted by Crippen LogP contribution is 2.40. The van der Waals surface area contributed by atoms with Crippen molar-refractivity contribution in [2.24, 2.45) is 5.92 Å². The zero-order valence-electron chi connectivity index (χ0n) is 20.1. The summed E-state index contributed by atoms with van der Waals surface area (Å²) in [6, 6.07) is 5.20. The number of aromatic hydroxyl groups is 1. The molecule has 0 saturated carbocycles. The maximum Gasteiger partial charge on any atom is 0.318 e. The van der Waals surface area contributed by atoms with E-state index in [0.29, 0.717) is 12.0 Å². The largest absolute Gasteiger partial charge is 0.508 e. The number of fused-ring (bicyclic) bond motifs is 2. The first-order chi connectivity index (χ1) is 17.9. The van der Waals surface area contributed by atoms with Crippen molar-refractivity contribution in [1.29, 1.82) is 0 Å². The molecule has 0 bridgehead atoms. The fourth-order valence-corrected chi connectivity index (χ4v) is 4.70. The van der Waals surface area contributed by atoms with Gasteiger partial charge in [0, 0.05) is 23.4 Å². The number of ether oxygens (including phenoxy) is 2. The van der Waals surface area contributed by atoms with E-state index >= 15 is 4.39 Å². The van der Waals surface area contributed by atoms with Crippen LogP contribution in [-0.2, 0) is 0 Å². The fourth-order valence-electron chi connectivity index (χ4n) is 4.70. The summed E-state index contributed by atoms with van der Waals surface area (Å²) >= 11 is 0. The van der Waals surface area contributed by atoms with Crippen molar-refractivity contribution in [1.82, 2.24) is 20.3 Å². The first-order valence-corrected chi connectivity index (χ1v) is 11.9. The summed E-state index contributed by atoms with van der Waals surface area (Å²) in [4.78, 5) is 12.7. The molecule has 1 aliphatic heterocycles. The number of benzene rings is 2. The molecular formula is C27H25F2N5O3. The third kappa shape index (κ3) is 4.54. The SMILES string of the molecule is C#Cc1c(F)ccc2cc(O)cc(-c3nc(OC[C@H]4CCCCNC4)c4c(N)nc(OC)nc4c3F)c12. The second kappa shape index (κ2) is 10.0. The molecule has 10 heteroatoms. The lowest BCUT2D eigenvalue weighted by molar-refractivity contribution is 0.236. The highest BCUT2D eigenvalue weighted by molar-refractivity contribution is 6.03. The van der Waals surface area contributed by atoms with E-state index in [9.17, 15) is 9.50 Å². The van der Waals surface area contributed by atoms with Crippen molar-refractivity contribution >= 4 is 27.5 Å². The number of hydrogen-bond donors (Lipinski definition) is 3. The molecule has 4 N–H and O–H groups in total. The quantitative estimate of drug-likeness (QED) is 0.346. The number of nitrogens with zero attached hydrogens (tertiary/aromatic N) is 3. The number of phenols is 1. The van der Waals surface area contributed by atoms with Gasteiger partial charge in [-0.25, -0.2) is 13.8 Å². The Morgan fingerprint density at radius 1 is 1.19 bits per heavy atom. The summed E-state index contributed by atoms with van der Waals surface area (Å²) in [5, 5.41) is 14.5. The lowest BCUT2D eigenvalue weighted by atomic mass is 9.95. The fraction of sp³-hybridized carbons (Fsp3) is 0.296. The van der Waals surface area contributed by atoms with Crippen LogP contribution in [0.2, 0.25) is 0 Å². The van der Waals surface area contributed by atoms with E-state index in [1.807, 2.05) is 0 Å². The van der Waals surface area contributed by atoms with Crippen molar-refractivity contribution < 1.29 is 23.4 Å². The molecule has 0 unspecified atom stereocenters. The monoisotopic (exact) mass is 505 g/mol. The normalized spacial score (nSPS) is 15.9. The molecule has 1 fully saturated rings. The minimum Gasteiger partial charge on any atom is -0.508 e. The predicted octanol–water partition coefficient (Wildman–Crippen LogP) is 4.17. The molecular weight excluding hydrogens is 480 g/mol. The number of methoxy groups -OCH3 is 1. The molecule has 1 atom stereocenters. The van der Waals surface area contributed by atoms with Gasteiger partial charge in [-0.05, 0) is 43.0 Å². The van der Waals surface area contributed by atoms with Crippen LogP contribution in [0.25, 0.3) is 32.9 Å². The molecule has 37 heavy (non-hydrogen) atoms. The number of hydrogen-bond acceptors (Lipinski definition) is 8. The van der Waals surface area contributed by atoms with Crippen LogP contribution in [0.1, 0.15) is 24.8 Å². The van der Waals surface area contributed by atoms with E-state index in [-0.39, 0.29) is 62.5 Å². The molecule has 0 spiro atoms. The zero-order chi connectivity index (χ0) is 26.1. The van der Waals surface area contributed by atoms with Crippen molar-refractivity contribution in [3.8, 4) is 41.2 Å². The molecule has 1 saturated heterocycles. The van der Waals surface area contributed by atoms with Crippen LogP contribution in [0.4, 0.5) is 14.6 Å². The van der Waals surface area contributed by atoms with Crippen molar-refractivity contribution in [3.63, 3.8) is 0 Å². The van der Waals surface area contributed by atoms with E-state index in [1.54, 1.807) is 0 Å². The predicted molar refractivity (Wildman–Crippen MR) is 136 cm³/mol. The second-order valence-corrected chi connectivity index (χ2v) is 8.93. The topological polar surface area (TPSA) is 115 Å². The summed E-state index contributed by atoms with van der Waals surface area (Å²) in [6.45, 7) is 2.02. The highest BCUT2D eigenvalue weighted by atomic mass is 19.1. The first-order valence-electron chi connectivity index (χ1n) is 11.9. The summed E-state index contributed by atoms with van der Waals surface area (Å²) in [7, 11) is 1.34. The van der Waals surface area contributed by atoms with E-state index in [0.717, 1.165) is 32.4 Å². The number of nitrogens with two attached hydrogens (primary N) is 1. The molecule has 190 valence electrons. The number of nitrogens with one attached hydrogen (secondary N) is 1. The number of terminal acetylenes is 1. The lowest BCUT2D eigenvalue weighted by Gasteiger charge is -2.18.